The van der Waals surface area contributed by atoms with Gasteiger partial charge in [0.1, 0.15) is 5.75 Å². The zero-order valence-corrected chi connectivity index (χ0v) is 12.2. The molecular weight excluding hydrogens is 270 g/mol. The Balaban J connectivity index is 1.86. The maximum Gasteiger partial charge on any atom is 0.222 e. The second kappa shape index (κ2) is 7.23. The average Bonchev–Trinajstić information content (AvgIpc) is 2.61. The van der Waals surface area contributed by atoms with Crippen LogP contribution in [0, 0.1) is 0 Å². The molecule has 0 unspecified atom stereocenters. The van der Waals surface area contributed by atoms with Crippen molar-refractivity contribution in [3.63, 3.8) is 0 Å². The highest BCUT2D eigenvalue weighted by Gasteiger charge is 2.06. The standard InChI is InChI=1S/C20H17NO/c1-4-10-17(11-5-1)16-21-20(18-12-6-2-7-13-18)22-19-14-8-3-9-15-19/h1-15H,16H2. The van der Waals surface area contributed by atoms with Gasteiger partial charge in [0.05, 0.1) is 6.54 Å². The van der Waals surface area contributed by atoms with Gasteiger partial charge >= 0.3 is 0 Å². The van der Waals surface area contributed by atoms with Crippen molar-refractivity contribution in [2.45, 2.75) is 6.54 Å². The van der Waals surface area contributed by atoms with Crippen LogP contribution in [0.4, 0.5) is 0 Å². The van der Waals surface area contributed by atoms with Crippen molar-refractivity contribution in [1.82, 2.24) is 0 Å². The first-order valence-corrected chi connectivity index (χ1v) is 7.28. The fourth-order valence-corrected chi connectivity index (χ4v) is 2.11. The lowest BCUT2D eigenvalue weighted by molar-refractivity contribution is 0.548. The molecule has 0 aliphatic heterocycles. The van der Waals surface area contributed by atoms with Gasteiger partial charge in [0.25, 0.3) is 0 Å². The quantitative estimate of drug-likeness (QED) is 0.503. The Morgan fingerprint density at radius 3 is 1.86 bits per heavy atom. The summed E-state index contributed by atoms with van der Waals surface area (Å²) in [6, 6.07) is 29.9. The monoisotopic (exact) mass is 287 g/mol. The lowest BCUT2D eigenvalue weighted by Crippen LogP contribution is -2.10. The van der Waals surface area contributed by atoms with Crippen LogP contribution in [0.3, 0.4) is 0 Å². The molecule has 0 spiro atoms. The molecule has 3 rings (SSSR count). The molecule has 0 atom stereocenters. The van der Waals surface area contributed by atoms with Gasteiger partial charge in [-0.2, -0.15) is 0 Å². The third-order valence-corrected chi connectivity index (χ3v) is 3.23. The highest BCUT2D eigenvalue weighted by molar-refractivity contribution is 5.95. The molecule has 0 heterocycles. The number of aliphatic imine (C=N–C) groups is 1. The summed E-state index contributed by atoms with van der Waals surface area (Å²) < 4.78 is 5.97. The summed E-state index contributed by atoms with van der Waals surface area (Å²) in [6.45, 7) is 0.595. The van der Waals surface area contributed by atoms with Gasteiger partial charge in [-0.1, -0.05) is 66.7 Å². The first-order valence-electron chi connectivity index (χ1n) is 7.28. The van der Waals surface area contributed by atoms with E-state index in [1.165, 1.54) is 0 Å². The molecule has 0 aliphatic carbocycles. The van der Waals surface area contributed by atoms with Crippen LogP contribution in [0.1, 0.15) is 11.1 Å². The predicted octanol–water partition coefficient (Wildman–Crippen LogP) is 4.71. The van der Waals surface area contributed by atoms with Gasteiger partial charge in [-0.15, -0.1) is 0 Å². The second-order valence-electron chi connectivity index (χ2n) is 4.89. The van der Waals surface area contributed by atoms with Gasteiger partial charge < -0.3 is 4.74 Å². The molecule has 2 nitrogen and oxygen atoms in total. The SMILES string of the molecule is c1ccc(CN=C(Oc2ccccc2)c2ccccc2)cc1. The number of para-hydroxylation sites is 1. The number of hydrogen-bond donors (Lipinski definition) is 0. The van der Waals surface area contributed by atoms with Crippen LogP contribution < -0.4 is 4.74 Å². The third kappa shape index (κ3) is 3.83. The van der Waals surface area contributed by atoms with E-state index in [1.807, 2.05) is 78.9 Å². The smallest absolute Gasteiger partial charge is 0.222 e. The zero-order valence-electron chi connectivity index (χ0n) is 12.2. The topological polar surface area (TPSA) is 21.6 Å². The molecule has 0 bridgehead atoms. The number of benzene rings is 3. The minimum atomic E-state index is 0.595. The van der Waals surface area contributed by atoms with E-state index >= 15 is 0 Å². The fraction of sp³-hybridized carbons (Fsp3) is 0.0500. The molecule has 0 radical (unpaired) electrons. The molecule has 108 valence electrons. The first kappa shape index (κ1) is 14.1. The Hall–Kier alpha value is -2.87. The van der Waals surface area contributed by atoms with Crippen LogP contribution in [0.15, 0.2) is 96.0 Å². The molecule has 0 fully saturated rings. The maximum absolute atomic E-state index is 5.97. The van der Waals surface area contributed by atoms with Crippen LogP contribution in [0.5, 0.6) is 5.75 Å². The first-order chi connectivity index (χ1) is 10.9. The van der Waals surface area contributed by atoms with Crippen LogP contribution in [0.2, 0.25) is 0 Å². The largest absolute Gasteiger partial charge is 0.439 e. The van der Waals surface area contributed by atoms with Gasteiger partial charge in [-0.05, 0) is 29.8 Å². The maximum atomic E-state index is 5.97. The van der Waals surface area contributed by atoms with Gasteiger partial charge in [0.15, 0.2) is 0 Å². The Bertz CT molecular complexity index is 721. The summed E-state index contributed by atoms with van der Waals surface area (Å²) >= 11 is 0. The molecule has 0 saturated carbocycles. The van der Waals surface area contributed by atoms with Crippen molar-refractivity contribution in [3.05, 3.63) is 102 Å². The minimum Gasteiger partial charge on any atom is -0.439 e. The molecule has 3 aromatic carbocycles. The van der Waals surface area contributed by atoms with Crippen LogP contribution in [-0.2, 0) is 6.54 Å². The molecule has 0 aliphatic rings. The van der Waals surface area contributed by atoms with Crippen LogP contribution in [-0.4, -0.2) is 5.90 Å². The van der Waals surface area contributed by atoms with Crippen molar-refractivity contribution in [2.24, 2.45) is 4.99 Å². The van der Waals surface area contributed by atoms with Crippen molar-refractivity contribution < 1.29 is 4.74 Å². The summed E-state index contributed by atoms with van der Waals surface area (Å²) in [7, 11) is 0. The number of hydrogen-bond acceptors (Lipinski definition) is 2. The minimum absolute atomic E-state index is 0.595. The number of nitrogens with zero attached hydrogens (tertiary/aromatic N) is 1. The summed E-state index contributed by atoms with van der Waals surface area (Å²) in [4.78, 5) is 4.65. The highest BCUT2D eigenvalue weighted by Crippen LogP contribution is 2.13. The molecule has 0 amide bonds. The molecule has 0 N–H and O–H groups in total. The van der Waals surface area contributed by atoms with E-state index in [1.54, 1.807) is 0 Å². The number of rotatable bonds is 4. The zero-order chi connectivity index (χ0) is 15.0. The Morgan fingerprint density at radius 1 is 0.682 bits per heavy atom. The average molecular weight is 287 g/mol. The number of ether oxygens (including phenoxy) is 1. The summed E-state index contributed by atoms with van der Waals surface area (Å²) in [6.07, 6.45) is 0. The fourth-order valence-electron chi connectivity index (χ4n) is 2.11. The molecule has 0 aromatic heterocycles. The van der Waals surface area contributed by atoms with E-state index in [-0.39, 0.29) is 0 Å². The van der Waals surface area contributed by atoms with Gasteiger partial charge in [0.2, 0.25) is 5.90 Å². The van der Waals surface area contributed by atoms with Gasteiger partial charge in [-0.3, -0.25) is 0 Å². The Kier molecular flexibility index (Phi) is 4.63. The molecule has 0 saturated heterocycles. The van der Waals surface area contributed by atoms with Crippen molar-refractivity contribution in [3.8, 4) is 5.75 Å². The second-order valence-corrected chi connectivity index (χ2v) is 4.89. The summed E-state index contributed by atoms with van der Waals surface area (Å²) in [5.74, 6) is 1.42. The van der Waals surface area contributed by atoms with Crippen molar-refractivity contribution in [2.75, 3.05) is 0 Å². The Labute approximate surface area is 130 Å². The van der Waals surface area contributed by atoms with E-state index in [4.69, 9.17) is 4.74 Å². The molecule has 2 heteroatoms. The van der Waals surface area contributed by atoms with E-state index < -0.39 is 0 Å². The third-order valence-electron chi connectivity index (χ3n) is 3.23. The normalized spacial score (nSPS) is 11.2. The highest BCUT2D eigenvalue weighted by atomic mass is 16.5. The van der Waals surface area contributed by atoms with Crippen molar-refractivity contribution in [1.29, 1.82) is 0 Å². The molecular formula is C20H17NO. The summed E-state index contributed by atoms with van der Waals surface area (Å²) in [5, 5.41) is 0. The van der Waals surface area contributed by atoms with E-state index in [9.17, 15) is 0 Å². The van der Waals surface area contributed by atoms with Gasteiger partial charge in [-0.25, -0.2) is 4.99 Å². The summed E-state index contributed by atoms with van der Waals surface area (Å²) in [5.41, 5.74) is 2.13. The predicted molar refractivity (Wildman–Crippen MR) is 90.2 cm³/mol. The van der Waals surface area contributed by atoms with E-state index in [0.29, 0.717) is 12.4 Å². The van der Waals surface area contributed by atoms with E-state index in [2.05, 4.69) is 17.1 Å². The Morgan fingerprint density at radius 2 is 1.23 bits per heavy atom. The van der Waals surface area contributed by atoms with Crippen LogP contribution in [0.25, 0.3) is 0 Å². The van der Waals surface area contributed by atoms with Crippen LogP contribution >= 0.6 is 0 Å². The van der Waals surface area contributed by atoms with Gasteiger partial charge in [0, 0.05) is 5.56 Å². The lowest BCUT2D eigenvalue weighted by Gasteiger charge is -2.09. The van der Waals surface area contributed by atoms with E-state index in [0.717, 1.165) is 16.9 Å². The molecule has 3 aromatic rings. The van der Waals surface area contributed by atoms with Crippen molar-refractivity contribution >= 4 is 5.90 Å². The molecule has 22 heavy (non-hydrogen) atoms. The lowest BCUT2D eigenvalue weighted by atomic mass is 10.2.